The molecule has 130 valence electrons. The average Bonchev–Trinajstić information content (AvgIpc) is 3.11. The Labute approximate surface area is 137 Å². The molecular formula is C15H24N2O5S. The number of rotatable bonds is 6. The number of aryl methyl sites for hydroxylation is 2. The third-order valence-electron chi connectivity index (χ3n) is 4.05. The zero-order valence-electron chi connectivity index (χ0n) is 14.0. The Morgan fingerprint density at radius 1 is 1.39 bits per heavy atom. The molecule has 0 saturated carbocycles. The Bertz CT molecular complexity index is 674. The van der Waals surface area contributed by atoms with Crippen LogP contribution < -0.4 is 5.32 Å². The maximum Gasteiger partial charge on any atom is 0.342 e. The van der Waals surface area contributed by atoms with Gasteiger partial charge in [-0.1, -0.05) is 6.92 Å². The van der Waals surface area contributed by atoms with Gasteiger partial charge in [0.15, 0.2) is 0 Å². The van der Waals surface area contributed by atoms with Gasteiger partial charge < -0.3 is 14.5 Å². The summed E-state index contributed by atoms with van der Waals surface area (Å²) in [4.78, 5) is 12.0. The van der Waals surface area contributed by atoms with Crippen LogP contribution >= 0.6 is 0 Å². The van der Waals surface area contributed by atoms with Crippen molar-refractivity contribution < 1.29 is 22.4 Å². The Morgan fingerprint density at radius 3 is 2.61 bits per heavy atom. The Kier molecular flexibility index (Phi) is 5.49. The van der Waals surface area contributed by atoms with Gasteiger partial charge in [-0.15, -0.1) is 0 Å². The van der Waals surface area contributed by atoms with Gasteiger partial charge in [-0.05, 0) is 33.2 Å². The van der Waals surface area contributed by atoms with Gasteiger partial charge in [-0.2, -0.15) is 4.31 Å². The summed E-state index contributed by atoms with van der Waals surface area (Å²) in [7, 11) is -2.62. The van der Waals surface area contributed by atoms with Crippen LogP contribution in [0, 0.1) is 13.8 Å². The molecule has 1 atom stereocenters. The molecule has 8 heteroatoms. The van der Waals surface area contributed by atoms with Crippen LogP contribution in [0.3, 0.4) is 0 Å². The van der Waals surface area contributed by atoms with Gasteiger partial charge in [0.25, 0.3) is 0 Å². The molecule has 7 nitrogen and oxygen atoms in total. The highest BCUT2D eigenvalue weighted by Crippen LogP contribution is 2.31. The van der Waals surface area contributed by atoms with E-state index >= 15 is 0 Å². The van der Waals surface area contributed by atoms with Crippen molar-refractivity contribution in [2.75, 3.05) is 26.7 Å². The number of ether oxygens (including phenoxy) is 1. The van der Waals surface area contributed by atoms with Crippen molar-refractivity contribution in [3.05, 3.63) is 17.1 Å². The molecule has 2 rings (SSSR count). The van der Waals surface area contributed by atoms with Gasteiger partial charge in [0, 0.05) is 19.1 Å². The molecular weight excluding hydrogens is 320 g/mol. The summed E-state index contributed by atoms with van der Waals surface area (Å²) in [5, 5.41) is 3.18. The first-order valence-corrected chi connectivity index (χ1v) is 9.19. The quantitative estimate of drug-likeness (QED) is 0.786. The highest BCUT2D eigenvalue weighted by Gasteiger charge is 2.39. The molecule has 0 aromatic carbocycles. The number of esters is 1. The van der Waals surface area contributed by atoms with Gasteiger partial charge in [-0.25, -0.2) is 13.2 Å². The summed E-state index contributed by atoms with van der Waals surface area (Å²) in [6, 6.07) is -0.111. The number of hydrogen-bond acceptors (Lipinski definition) is 6. The average molecular weight is 344 g/mol. The van der Waals surface area contributed by atoms with E-state index in [-0.39, 0.29) is 28.0 Å². The highest BCUT2D eigenvalue weighted by atomic mass is 32.2. The SMILES string of the molecule is CCCN(C1CCNC1)S(=O)(=O)c1c(C)oc(C)c1C(=O)OC. The fourth-order valence-electron chi connectivity index (χ4n) is 3.03. The minimum Gasteiger partial charge on any atom is -0.465 e. The number of hydrogen-bond donors (Lipinski definition) is 1. The molecule has 0 aliphatic carbocycles. The number of nitrogens with one attached hydrogen (secondary N) is 1. The number of carbonyl (C=O) groups excluding carboxylic acids is 1. The van der Waals surface area contributed by atoms with E-state index in [9.17, 15) is 13.2 Å². The Morgan fingerprint density at radius 2 is 2.09 bits per heavy atom. The lowest BCUT2D eigenvalue weighted by Crippen LogP contribution is -2.42. The van der Waals surface area contributed by atoms with Gasteiger partial charge in [0.05, 0.1) is 7.11 Å². The molecule has 0 amide bonds. The predicted octanol–water partition coefficient (Wildman–Crippen LogP) is 1.45. The fraction of sp³-hybridized carbons (Fsp3) is 0.667. The molecule has 0 bridgehead atoms. The van der Waals surface area contributed by atoms with Crippen LogP contribution in [-0.2, 0) is 14.8 Å². The molecule has 1 aromatic rings. The van der Waals surface area contributed by atoms with E-state index in [2.05, 4.69) is 5.32 Å². The van der Waals surface area contributed by atoms with Crippen molar-refractivity contribution in [2.45, 2.75) is 44.6 Å². The van der Waals surface area contributed by atoms with Gasteiger partial charge in [-0.3, -0.25) is 0 Å². The zero-order valence-corrected chi connectivity index (χ0v) is 14.8. The van der Waals surface area contributed by atoms with E-state index < -0.39 is 16.0 Å². The fourth-order valence-corrected chi connectivity index (χ4v) is 5.15. The van der Waals surface area contributed by atoms with E-state index in [1.54, 1.807) is 13.8 Å². The molecule has 1 fully saturated rings. The number of carbonyl (C=O) groups is 1. The lowest BCUT2D eigenvalue weighted by molar-refractivity contribution is 0.0594. The van der Waals surface area contributed by atoms with Crippen molar-refractivity contribution in [1.29, 1.82) is 0 Å². The van der Waals surface area contributed by atoms with E-state index in [1.807, 2.05) is 6.92 Å². The van der Waals surface area contributed by atoms with Crippen LogP contribution in [0.1, 0.15) is 41.6 Å². The minimum absolute atomic E-state index is 0.00272. The van der Waals surface area contributed by atoms with Crippen molar-refractivity contribution >= 4 is 16.0 Å². The summed E-state index contributed by atoms with van der Waals surface area (Å²) < 4.78 is 38.1. The van der Waals surface area contributed by atoms with E-state index in [0.29, 0.717) is 19.5 Å². The third-order valence-corrected chi connectivity index (χ3v) is 6.15. The standard InChI is InChI=1S/C15H24N2O5S/c1-5-8-17(12-6-7-16-9-12)23(19,20)14-11(3)22-10(2)13(14)15(18)21-4/h12,16H,5-9H2,1-4H3. The van der Waals surface area contributed by atoms with Crippen LogP contribution in [0.15, 0.2) is 9.31 Å². The second-order valence-electron chi connectivity index (χ2n) is 5.67. The number of methoxy groups -OCH3 is 1. The maximum atomic E-state index is 13.2. The predicted molar refractivity (Wildman–Crippen MR) is 85.0 cm³/mol. The molecule has 1 saturated heterocycles. The monoisotopic (exact) mass is 344 g/mol. The van der Waals surface area contributed by atoms with Gasteiger partial charge in [0.1, 0.15) is 22.0 Å². The molecule has 1 N–H and O–H groups in total. The largest absolute Gasteiger partial charge is 0.465 e. The van der Waals surface area contributed by atoms with Crippen molar-refractivity contribution in [3.8, 4) is 0 Å². The summed E-state index contributed by atoms with van der Waals surface area (Å²) in [5.41, 5.74) is -0.00272. The molecule has 1 aliphatic rings. The third kappa shape index (κ3) is 3.29. The lowest BCUT2D eigenvalue weighted by Gasteiger charge is -2.27. The summed E-state index contributed by atoms with van der Waals surface area (Å²) in [5.74, 6) is -0.220. The second kappa shape index (κ2) is 7.02. The molecule has 0 spiro atoms. The lowest BCUT2D eigenvalue weighted by atomic mass is 10.2. The van der Waals surface area contributed by atoms with Crippen LogP contribution in [0.2, 0.25) is 0 Å². The Hall–Kier alpha value is -1.38. The molecule has 23 heavy (non-hydrogen) atoms. The first-order valence-electron chi connectivity index (χ1n) is 7.75. The maximum absolute atomic E-state index is 13.2. The highest BCUT2D eigenvalue weighted by molar-refractivity contribution is 7.89. The van der Waals surface area contributed by atoms with Crippen LogP contribution in [0.25, 0.3) is 0 Å². The van der Waals surface area contributed by atoms with Crippen molar-refractivity contribution in [2.24, 2.45) is 0 Å². The van der Waals surface area contributed by atoms with Crippen LogP contribution in [0.5, 0.6) is 0 Å². The molecule has 1 unspecified atom stereocenters. The Balaban J connectivity index is 2.55. The van der Waals surface area contributed by atoms with E-state index in [1.165, 1.54) is 11.4 Å². The van der Waals surface area contributed by atoms with Crippen LogP contribution in [-0.4, -0.2) is 51.5 Å². The van der Waals surface area contributed by atoms with Crippen LogP contribution in [0.4, 0.5) is 0 Å². The van der Waals surface area contributed by atoms with E-state index in [4.69, 9.17) is 9.15 Å². The molecule has 0 radical (unpaired) electrons. The molecule has 1 aromatic heterocycles. The molecule has 1 aliphatic heterocycles. The topological polar surface area (TPSA) is 88.9 Å². The number of nitrogens with zero attached hydrogens (tertiary/aromatic N) is 1. The van der Waals surface area contributed by atoms with E-state index in [0.717, 1.165) is 13.0 Å². The second-order valence-corrected chi connectivity index (χ2v) is 7.50. The first-order chi connectivity index (χ1) is 10.8. The van der Waals surface area contributed by atoms with Gasteiger partial charge >= 0.3 is 5.97 Å². The van der Waals surface area contributed by atoms with Crippen molar-refractivity contribution in [3.63, 3.8) is 0 Å². The summed E-state index contributed by atoms with van der Waals surface area (Å²) >= 11 is 0. The van der Waals surface area contributed by atoms with Gasteiger partial charge in [0.2, 0.25) is 10.0 Å². The summed E-state index contributed by atoms with van der Waals surface area (Å²) in [6.45, 7) is 6.86. The summed E-state index contributed by atoms with van der Waals surface area (Å²) in [6.07, 6.45) is 1.45. The number of sulfonamides is 1. The normalized spacial score (nSPS) is 18.6. The number of furan rings is 1. The van der Waals surface area contributed by atoms with Crippen molar-refractivity contribution in [1.82, 2.24) is 9.62 Å². The smallest absolute Gasteiger partial charge is 0.342 e. The molecule has 2 heterocycles. The zero-order chi connectivity index (χ0) is 17.2. The minimum atomic E-state index is -3.84. The first kappa shape index (κ1) is 18.0.